The lowest BCUT2D eigenvalue weighted by Crippen LogP contribution is -2.33. The maximum atomic E-state index is 11.3. The summed E-state index contributed by atoms with van der Waals surface area (Å²) < 4.78 is 0. The third-order valence-corrected chi connectivity index (χ3v) is 3.00. The zero-order valence-corrected chi connectivity index (χ0v) is 9.38. The minimum absolute atomic E-state index is 0.258. The summed E-state index contributed by atoms with van der Waals surface area (Å²) in [5.41, 5.74) is 0. The van der Waals surface area contributed by atoms with E-state index in [-0.39, 0.29) is 5.91 Å². The highest BCUT2D eigenvalue weighted by molar-refractivity contribution is 5.75. The highest BCUT2D eigenvalue weighted by atomic mass is 16.2. The van der Waals surface area contributed by atoms with Crippen LogP contribution in [-0.2, 0) is 4.79 Å². The molecule has 0 saturated carbocycles. The third-order valence-electron chi connectivity index (χ3n) is 3.00. The Labute approximate surface area is 86.9 Å². The Balaban J connectivity index is 2.15. The number of amides is 1. The Bertz CT molecular complexity index is 176. The van der Waals surface area contributed by atoms with E-state index in [0.29, 0.717) is 6.42 Å². The maximum absolute atomic E-state index is 11.3. The lowest BCUT2D eigenvalue weighted by molar-refractivity contribution is -0.129. The van der Waals surface area contributed by atoms with Crippen LogP contribution in [0.2, 0.25) is 0 Å². The molecule has 0 aromatic heterocycles. The van der Waals surface area contributed by atoms with Gasteiger partial charge in [-0.15, -0.1) is 0 Å². The number of hydrogen-bond donors (Lipinski definition) is 1. The third kappa shape index (κ3) is 3.66. The predicted octanol–water partition coefficient (Wildman–Crippen LogP) is 1.24. The minimum atomic E-state index is 0.258. The van der Waals surface area contributed by atoms with Gasteiger partial charge in [-0.1, -0.05) is 6.92 Å². The summed E-state index contributed by atoms with van der Waals surface area (Å²) in [6, 6.07) is 0. The molecule has 1 fully saturated rings. The number of nitrogens with one attached hydrogen (secondary N) is 1. The van der Waals surface area contributed by atoms with Crippen LogP contribution >= 0.6 is 0 Å². The van der Waals surface area contributed by atoms with Crippen LogP contribution in [-0.4, -0.2) is 37.5 Å². The first-order chi connectivity index (χ1) is 6.74. The highest BCUT2D eigenvalue weighted by Crippen LogP contribution is 2.14. The molecule has 1 aliphatic heterocycles. The largest absolute Gasteiger partial charge is 0.346 e. The van der Waals surface area contributed by atoms with Crippen LogP contribution in [0.5, 0.6) is 0 Å². The predicted molar refractivity (Wildman–Crippen MR) is 58.1 cm³/mol. The smallest absolute Gasteiger partial charge is 0.222 e. The van der Waals surface area contributed by atoms with Gasteiger partial charge in [0.2, 0.25) is 5.91 Å². The fraction of sp³-hybridized carbons (Fsp3) is 0.909. The van der Waals surface area contributed by atoms with Crippen molar-refractivity contribution in [3.63, 3.8) is 0 Å². The van der Waals surface area contributed by atoms with Crippen molar-refractivity contribution >= 4 is 5.91 Å². The van der Waals surface area contributed by atoms with Gasteiger partial charge in [0.25, 0.3) is 0 Å². The van der Waals surface area contributed by atoms with Gasteiger partial charge in [-0.25, -0.2) is 0 Å². The summed E-state index contributed by atoms with van der Waals surface area (Å²) in [7, 11) is 1.90. The topological polar surface area (TPSA) is 32.3 Å². The van der Waals surface area contributed by atoms with Gasteiger partial charge in [0.15, 0.2) is 0 Å². The fourth-order valence-corrected chi connectivity index (χ4v) is 1.94. The van der Waals surface area contributed by atoms with Crippen molar-refractivity contribution in [2.45, 2.75) is 32.6 Å². The van der Waals surface area contributed by atoms with Crippen LogP contribution in [0.3, 0.4) is 0 Å². The van der Waals surface area contributed by atoms with Gasteiger partial charge in [0, 0.05) is 20.0 Å². The van der Waals surface area contributed by atoms with E-state index in [9.17, 15) is 4.79 Å². The van der Waals surface area contributed by atoms with Crippen LogP contribution in [0, 0.1) is 5.92 Å². The van der Waals surface area contributed by atoms with Crippen LogP contribution in [0.25, 0.3) is 0 Å². The first-order valence-corrected chi connectivity index (χ1v) is 5.68. The molecule has 1 saturated heterocycles. The van der Waals surface area contributed by atoms with E-state index >= 15 is 0 Å². The Hall–Kier alpha value is -0.570. The Morgan fingerprint density at radius 3 is 2.93 bits per heavy atom. The van der Waals surface area contributed by atoms with Gasteiger partial charge in [0.05, 0.1) is 0 Å². The van der Waals surface area contributed by atoms with E-state index in [2.05, 4.69) is 5.32 Å². The molecule has 1 heterocycles. The molecule has 1 unspecified atom stereocenters. The summed E-state index contributed by atoms with van der Waals surface area (Å²) in [6.07, 6.45) is 4.38. The first-order valence-electron chi connectivity index (χ1n) is 5.68. The fourth-order valence-electron chi connectivity index (χ4n) is 1.94. The molecule has 0 radical (unpaired) electrons. The van der Waals surface area contributed by atoms with Gasteiger partial charge < -0.3 is 10.2 Å². The van der Waals surface area contributed by atoms with E-state index in [1.165, 1.54) is 19.4 Å². The van der Waals surface area contributed by atoms with Gasteiger partial charge in [0.1, 0.15) is 0 Å². The molecule has 1 aliphatic rings. The van der Waals surface area contributed by atoms with Gasteiger partial charge in [-0.05, 0) is 38.3 Å². The van der Waals surface area contributed by atoms with Crippen molar-refractivity contribution in [1.82, 2.24) is 10.2 Å². The van der Waals surface area contributed by atoms with Gasteiger partial charge >= 0.3 is 0 Å². The Morgan fingerprint density at radius 2 is 2.36 bits per heavy atom. The minimum Gasteiger partial charge on any atom is -0.346 e. The molecule has 14 heavy (non-hydrogen) atoms. The number of rotatable bonds is 4. The number of carbonyl (C=O) groups excluding carboxylic acids is 1. The van der Waals surface area contributed by atoms with Crippen molar-refractivity contribution < 1.29 is 4.79 Å². The molecule has 0 aliphatic carbocycles. The van der Waals surface area contributed by atoms with Gasteiger partial charge in [-0.2, -0.15) is 0 Å². The number of hydrogen-bond acceptors (Lipinski definition) is 2. The molecule has 1 rings (SSSR count). The average Bonchev–Trinajstić information content (AvgIpc) is 2.26. The molecule has 3 nitrogen and oxygen atoms in total. The number of carbonyl (C=O) groups is 1. The molecule has 0 aromatic carbocycles. The van der Waals surface area contributed by atoms with Crippen molar-refractivity contribution in [3.8, 4) is 0 Å². The second-order valence-corrected chi connectivity index (χ2v) is 4.17. The van der Waals surface area contributed by atoms with E-state index in [0.717, 1.165) is 25.4 Å². The summed E-state index contributed by atoms with van der Waals surface area (Å²) >= 11 is 0. The van der Waals surface area contributed by atoms with Crippen LogP contribution in [0.1, 0.15) is 32.6 Å². The van der Waals surface area contributed by atoms with E-state index in [1.807, 2.05) is 18.9 Å². The van der Waals surface area contributed by atoms with E-state index < -0.39 is 0 Å². The summed E-state index contributed by atoms with van der Waals surface area (Å²) in [6.45, 7) is 5.13. The molecule has 1 atom stereocenters. The summed E-state index contributed by atoms with van der Waals surface area (Å²) in [4.78, 5) is 13.2. The quantitative estimate of drug-likeness (QED) is 0.737. The zero-order valence-electron chi connectivity index (χ0n) is 9.38. The summed E-state index contributed by atoms with van der Waals surface area (Å²) in [5, 5.41) is 3.40. The molecular weight excluding hydrogens is 176 g/mol. The number of nitrogens with zero attached hydrogens (tertiary/aromatic N) is 1. The molecule has 82 valence electrons. The zero-order chi connectivity index (χ0) is 10.4. The van der Waals surface area contributed by atoms with Crippen molar-refractivity contribution in [2.75, 3.05) is 26.7 Å². The van der Waals surface area contributed by atoms with Crippen LogP contribution in [0.4, 0.5) is 0 Å². The van der Waals surface area contributed by atoms with Crippen molar-refractivity contribution in [2.24, 2.45) is 5.92 Å². The van der Waals surface area contributed by atoms with Crippen LogP contribution < -0.4 is 5.32 Å². The molecule has 0 aromatic rings. The number of piperidine rings is 1. The molecule has 0 spiro atoms. The molecule has 0 bridgehead atoms. The molecule has 1 amide bonds. The Kier molecular flexibility index (Phi) is 4.94. The first kappa shape index (κ1) is 11.5. The van der Waals surface area contributed by atoms with Crippen molar-refractivity contribution in [3.05, 3.63) is 0 Å². The van der Waals surface area contributed by atoms with Gasteiger partial charge in [-0.3, -0.25) is 4.79 Å². The SMILES string of the molecule is CCC(=O)N(C)CCC1CCCNC1. The maximum Gasteiger partial charge on any atom is 0.222 e. The molecule has 1 N–H and O–H groups in total. The monoisotopic (exact) mass is 198 g/mol. The standard InChI is InChI=1S/C11H22N2O/c1-3-11(14)13(2)8-6-10-5-4-7-12-9-10/h10,12H,3-9H2,1-2H3. The second-order valence-electron chi connectivity index (χ2n) is 4.17. The van der Waals surface area contributed by atoms with Crippen LogP contribution in [0.15, 0.2) is 0 Å². The van der Waals surface area contributed by atoms with E-state index in [1.54, 1.807) is 0 Å². The lowest BCUT2D eigenvalue weighted by Gasteiger charge is -2.25. The van der Waals surface area contributed by atoms with E-state index in [4.69, 9.17) is 0 Å². The highest BCUT2D eigenvalue weighted by Gasteiger charge is 2.14. The normalized spacial score (nSPS) is 22.0. The molecular formula is C11H22N2O. The van der Waals surface area contributed by atoms with Crippen molar-refractivity contribution in [1.29, 1.82) is 0 Å². The lowest BCUT2D eigenvalue weighted by atomic mass is 9.96. The Morgan fingerprint density at radius 1 is 1.57 bits per heavy atom. The molecule has 3 heteroatoms. The second kappa shape index (κ2) is 6.02. The average molecular weight is 198 g/mol. The summed E-state index contributed by atoms with van der Waals surface area (Å²) in [5.74, 6) is 1.03.